The van der Waals surface area contributed by atoms with E-state index in [0.29, 0.717) is 16.9 Å². The second kappa shape index (κ2) is 5.80. The topological polar surface area (TPSA) is 50.1 Å². The molecule has 1 aliphatic rings. The summed E-state index contributed by atoms with van der Waals surface area (Å²) in [6.07, 6.45) is 4.28. The van der Waals surface area contributed by atoms with Gasteiger partial charge in [-0.3, -0.25) is 0 Å². The van der Waals surface area contributed by atoms with Gasteiger partial charge >= 0.3 is 5.97 Å². The summed E-state index contributed by atoms with van der Waals surface area (Å²) in [4.78, 5) is 12.1. The van der Waals surface area contributed by atoms with Crippen LogP contribution >= 0.6 is 0 Å². The van der Waals surface area contributed by atoms with Crippen LogP contribution in [0.15, 0.2) is 42.5 Å². The van der Waals surface area contributed by atoms with Crippen LogP contribution in [-0.2, 0) is 12.8 Å². The molecule has 104 valence electrons. The fraction of sp³-hybridized carbons (Fsp3) is 0.222. The van der Waals surface area contributed by atoms with Gasteiger partial charge in [-0.1, -0.05) is 18.2 Å². The molecule has 0 aliphatic heterocycles. The number of benzene rings is 2. The summed E-state index contributed by atoms with van der Waals surface area (Å²) in [5.74, 6) is -0.0603. The van der Waals surface area contributed by atoms with Gasteiger partial charge in [0.25, 0.3) is 0 Å². The highest BCUT2D eigenvalue weighted by Crippen LogP contribution is 2.29. The van der Waals surface area contributed by atoms with Gasteiger partial charge < -0.3 is 4.74 Å². The molecule has 1 aliphatic carbocycles. The Balaban J connectivity index is 1.91. The molecule has 3 rings (SSSR count). The van der Waals surface area contributed by atoms with Crippen molar-refractivity contribution in [3.05, 3.63) is 64.7 Å². The molecule has 3 nitrogen and oxygen atoms in total. The third-order valence-corrected chi connectivity index (χ3v) is 3.78. The van der Waals surface area contributed by atoms with Gasteiger partial charge in [0, 0.05) is 0 Å². The van der Waals surface area contributed by atoms with Crippen LogP contribution in [0.2, 0.25) is 0 Å². The zero-order valence-corrected chi connectivity index (χ0v) is 11.6. The molecule has 2 aromatic carbocycles. The summed E-state index contributed by atoms with van der Waals surface area (Å²) >= 11 is 0. The van der Waals surface area contributed by atoms with Gasteiger partial charge in [-0.25, -0.2) is 4.79 Å². The van der Waals surface area contributed by atoms with Crippen LogP contribution in [0.3, 0.4) is 0 Å². The minimum Gasteiger partial charge on any atom is -0.422 e. The minimum absolute atomic E-state index is 0.368. The first-order valence-electron chi connectivity index (χ1n) is 7.11. The van der Waals surface area contributed by atoms with Gasteiger partial charge in [0.05, 0.1) is 11.1 Å². The zero-order valence-electron chi connectivity index (χ0n) is 11.6. The van der Waals surface area contributed by atoms with Gasteiger partial charge in [-0.05, 0) is 61.1 Å². The van der Waals surface area contributed by atoms with E-state index < -0.39 is 5.97 Å². The molecule has 0 fully saturated rings. The minimum atomic E-state index is -0.428. The quantitative estimate of drug-likeness (QED) is 0.622. The molecule has 0 spiro atoms. The number of aryl methyl sites for hydroxylation is 2. The third-order valence-electron chi connectivity index (χ3n) is 3.78. The molecule has 21 heavy (non-hydrogen) atoms. The van der Waals surface area contributed by atoms with Gasteiger partial charge in [-0.2, -0.15) is 5.26 Å². The van der Waals surface area contributed by atoms with E-state index in [1.54, 1.807) is 24.3 Å². The van der Waals surface area contributed by atoms with Crippen molar-refractivity contribution >= 4 is 5.97 Å². The number of ether oxygens (including phenoxy) is 1. The Morgan fingerprint density at radius 3 is 2.38 bits per heavy atom. The second-order valence-corrected chi connectivity index (χ2v) is 5.19. The van der Waals surface area contributed by atoms with Crippen LogP contribution in [0, 0.1) is 11.3 Å². The summed E-state index contributed by atoms with van der Waals surface area (Å²) in [6.45, 7) is 0. The Bertz CT molecular complexity index is 714. The van der Waals surface area contributed by atoms with E-state index >= 15 is 0 Å². The third kappa shape index (κ3) is 2.80. The van der Waals surface area contributed by atoms with Gasteiger partial charge in [0.2, 0.25) is 0 Å². The molecule has 0 saturated heterocycles. The van der Waals surface area contributed by atoms with Crippen molar-refractivity contribution in [2.24, 2.45) is 0 Å². The lowest BCUT2D eigenvalue weighted by molar-refractivity contribution is 0.0734. The van der Waals surface area contributed by atoms with E-state index in [4.69, 9.17) is 4.74 Å². The molecule has 0 unspecified atom stereocenters. The molecule has 0 saturated carbocycles. The summed E-state index contributed by atoms with van der Waals surface area (Å²) in [5.41, 5.74) is 3.31. The van der Waals surface area contributed by atoms with E-state index in [1.165, 1.54) is 11.1 Å². The Morgan fingerprint density at radius 2 is 1.71 bits per heavy atom. The van der Waals surface area contributed by atoms with E-state index in [1.807, 2.05) is 18.2 Å². The summed E-state index contributed by atoms with van der Waals surface area (Å²) in [7, 11) is 0. The van der Waals surface area contributed by atoms with Crippen molar-refractivity contribution in [2.45, 2.75) is 25.7 Å². The first kappa shape index (κ1) is 13.4. The highest BCUT2D eigenvalue weighted by Gasteiger charge is 2.17. The average Bonchev–Trinajstić information content (AvgIpc) is 2.55. The van der Waals surface area contributed by atoms with Crippen molar-refractivity contribution in [3.63, 3.8) is 0 Å². The number of nitrogens with zero attached hydrogens (tertiary/aromatic N) is 1. The number of carbonyl (C=O) groups is 1. The normalized spacial score (nSPS) is 13.1. The zero-order chi connectivity index (χ0) is 14.7. The maximum atomic E-state index is 12.1. The molecule has 0 heterocycles. The van der Waals surface area contributed by atoms with Crippen LogP contribution in [0.25, 0.3) is 0 Å². The maximum Gasteiger partial charge on any atom is 0.343 e. The largest absolute Gasteiger partial charge is 0.422 e. The highest BCUT2D eigenvalue weighted by atomic mass is 16.5. The summed E-state index contributed by atoms with van der Waals surface area (Å²) in [5, 5.41) is 9.26. The van der Waals surface area contributed by atoms with Crippen molar-refractivity contribution in [1.82, 2.24) is 0 Å². The Hall–Kier alpha value is -2.60. The Morgan fingerprint density at radius 1 is 1.05 bits per heavy atom. The molecule has 0 atom stereocenters. The van der Waals surface area contributed by atoms with Crippen LogP contribution in [0.1, 0.15) is 39.9 Å². The number of rotatable bonds is 2. The van der Waals surface area contributed by atoms with E-state index in [-0.39, 0.29) is 0 Å². The van der Waals surface area contributed by atoms with Crippen LogP contribution < -0.4 is 4.74 Å². The summed E-state index contributed by atoms with van der Waals surface area (Å²) in [6, 6.07) is 14.7. The lowest BCUT2D eigenvalue weighted by atomic mass is 9.90. The summed E-state index contributed by atoms with van der Waals surface area (Å²) < 4.78 is 5.43. The number of nitriles is 1. The molecule has 0 radical (unpaired) electrons. The molecular formula is C18H15NO2. The smallest absolute Gasteiger partial charge is 0.343 e. The van der Waals surface area contributed by atoms with Crippen molar-refractivity contribution < 1.29 is 9.53 Å². The second-order valence-electron chi connectivity index (χ2n) is 5.19. The van der Waals surface area contributed by atoms with Gasteiger partial charge in [-0.15, -0.1) is 0 Å². The lowest BCUT2D eigenvalue weighted by Gasteiger charge is -2.17. The van der Waals surface area contributed by atoms with Crippen molar-refractivity contribution in [1.29, 1.82) is 5.26 Å². The average molecular weight is 277 g/mol. The number of fused-ring (bicyclic) bond motifs is 1. The van der Waals surface area contributed by atoms with Gasteiger partial charge in [0.15, 0.2) is 0 Å². The predicted molar refractivity (Wildman–Crippen MR) is 79.2 cm³/mol. The first-order valence-corrected chi connectivity index (χ1v) is 7.11. The van der Waals surface area contributed by atoms with Crippen LogP contribution in [-0.4, -0.2) is 5.97 Å². The molecule has 0 bridgehead atoms. The molecule has 0 amide bonds. The molecule has 2 aromatic rings. The van der Waals surface area contributed by atoms with Crippen molar-refractivity contribution in [3.8, 4) is 11.8 Å². The maximum absolute atomic E-state index is 12.1. The van der Waals surface area contributed by atoms with Crippen LogP contribution in [0.4, 0.5) is 0 Å². The number of hydrogen-bond acceptors (Lipinski definition) is 3. The van der Waals surface area contributed by atoms with E-state index in [2.05, 4.69) is 6.07 Å². The SMILES string of the molecule is N#Cc1cc2c(cc1OC(=O)c1ccccc1)CCCC2. The standard InChI is InChI=1S/C18H15NO2/c19-12-16-10-14-8-4-5-9-15(14)11-17(16)21-18(20)13-6-2-1-3-7-13/h1-3,6-7,10-11H,4-5,8-9H2. The van der Waals surface area contributed by atoms with E-state index in [9.17, 15) is 10.1 Å². The predicted octanol–water partition coefficient (Wildman–Crippen LogP) is 3.66. The van der Waals surface area contributed by atoms with E-state index in [0.717, 1.165) is 25.7 Å². The highest BCUT2D eigenvalue weighted by molar-refractivity contribution is 5.91. The number of esters is 1. The lowest BCUT2D eigenvalue weighted by Crippen LogP contribution is -2.11. The number of hydrogen-bond donors (Lipinski definition) is 0. The molecule has 0 aromatic heterocycles. The Labute approximate surface area is 123 Å². The fourth-order valence-corrected chi connectivity index (χ4v) is 2.67. The first-order chi connectivity index (χ1) is 10.3. The van der Waals surface area contributed by atoms with Crippen molar-refractivity contribution in [2.75, 3.05) is 0 Å². The monoisotopic (exact) mass is 277 g/mol. The fourth-order valence-electron chi connectivity index (χ4n) is 2.67. The Kier molecular flexibility index (Phi) is 3.70. The van der Waals surface area contributed by atoms with Gasteiger partial charge in [0.1, 0.15) is 11.8 Å². The number of carbonyl (C=O) groups excluding carboxylic acids is 1. The molecule has 3 heteroatoms. The molecular weight excluding hydrogens is 262 g/mol. The molecule has 0 N–H and O–H groups in total. The van der Waals surface area contributed by atoms with Crippen LogP contribution in [0.5, 0.6) is 5.75 Å².